The Hall–Kier alpha value is -3.38. The Morgan fingerprint density at radius 3 is 2.43 bits per heavy atom. The van der Waals surface area contributed by atoms with Gasteiger partial charge >= 0.3 is 0 Å². The molecule has 0 saturated carbocycles. The van der Waals surface area contributed by atoms with Gasteiger partial charge in [0.25, 0.3) is 5.91 Å². The zero-order chi connectivity index (χ0) is 19.2. The minimum Gasteiger partial charge on any atom is -0.282 e. The molecule has 2 aromatic carbocycles. The second kappa shape index (κ2) is 8.54. The maximum atomic E-state index is 13.1. The highest BCUT2D eigenvalue weighted by atomic mass is 32.1. The van der Waals surface area contributed by atoms with Crippen molar-refractivity contribution in [3.63, 3.8) is 0 Å². The fourth-order valence-electron chi connectivity index (χ4n) is 2.85. The number of benzene rings is 2. The maximum Gasteiger partial charge on any atom is 0.280 e. The molecule has 0 aliphatic carbocycles. The molecule has 138 valence electrons. The predicted octanol–water partition coefficient (Wildman–Crippen LogP) is 4.49. The average molecular weight is 386 g/mol. The van der Waals surface area contributed by atoms with Crippen LogP contribution in [0.25, 0.3) is 11.3 Å². The van der Waals surface area contributed by atoms with E-state index in [1.165, 1.54) is 29.3 Å². The van der Waals surface area contributed by atoms with Crippen LogP contribution in [0.5, 0.6) is 0 Å². The van der Waals surface area contributed by atoms with E-state index in [2.05, 4.69) is 22.1 Å². The minimum absolute atomic E-state index is 0.196. The second-order valence-electron chi connectivity index (χ2n) is 6.16. The van der Waals surface area contributed by atoms with Crippen LogP contribution in [0.4, 0.5) is 5.13 Å². The molecule has 2 aromatic heterocycles. The van der Waals surface area contributed by atoms with Crippen LogP contribution in [0.15, 0.2) is 84.6 Å². The number of aromatic nitrogens is 3. The van der Waals surface area contributed by atoms with Gasteiger partial charge in [0, 0.05) is 29.9 Å². The molecule has 6 heteroatoms. The molecule has 0 radical (unpaired) electrons. The lowest BCUT2D eigenvalue weighted by molar-refractivity contribution is 0.0982. The molecule has 4 aromatic rings. The van der Waals surface area contributed by atoms with Crippen molar-refractivity contribution >= 4 is 22.4 Å². The molecule has 0 saturated heterocycles. The van der Waals surface area contributed by atoms with E-state index in [-0.39, 0.29) is 5.91 Å². The normalized spacial score (nSPS) is 10.6. The number of rotatable bonds is 6. The molecule has 0 fully saturated rings. The summed E-state index contributed by atoms with van der Waals surface area (Å²) in [7, 11) is 0. The van der Waals surface area contributed by atoms with Gasteiger partial charge in [-0.2, -0.15) is 0 Å². The van der Waals surface area contributed by atoms with Gasteiger partial charge in [0.2, 0.25) is 0 Å². The molecule has 0 aliphatic rings. The highest BCUT2D eigenvalue weighted by molar-refractivity contribution is 7.14. The average Bonchev–Trinajstić information content (AvgIpc) is 3.26. The van der Waals surface area contributed by atoms with Gasteiger partial charge in [-0.25, -0.2) is 9.97 Å². The van der Waals surface area contributed by atoms with Crippen LogP contribution in [-0.4, -0.2) is 27.4 Å². The van der Waals surface area contributed by atoms with E-state index in [1.807, 2.05) is 53.9 Å². The topological polar surface area (TPSA) is 59.0 Å². The molecule has 0 unspecified atom stereocenters. The van der Waals surface area contributed by atoms with Crippen molar-refractivity contribution in [1.29, 1.82) is 0 Å². The molecule has 0 bridgehead atoms. The van der Waals surface area contributed by atoms with Gasteiger partial charge in [0.1, 0.15) is 5.69 Å². The zero-order valence-electron chi connectivity index (χ0n) is 15.1. The highest BCUT2D eigenvalue weighted by Crippen LogP contribution is 2.28. The molecular formula is C22H18N4OS. The summed E-state index contributed by atoms with van der Waals surface area (Å²) in [6.07, 6.45) is 5.30. The Bertz CT molecular complexity index is 1040. The van der Waals surface area contributed by atoms with Gasteiger partial charge in [0.15, 0.2) is 5.13 Å². The fourth-order valence-corrected chi connectivity index (χ4v) is 3.71. The summed E-state index contributed by atoms with van der Waals surface area (Å²) < 4.78 is 0. The third-order valence-corrected chi connectivity index (χ3v) is 5.15. The Balaban J connectivity index is 1.63. The number of hydrogen-bond donors (Lipinski definition) is 0. The quantitative estimate of drug-likeness (QED) is 0.490. The summed E-state index contributed by atoms with van der Waals surface area (Å²) in [6, 6.07) is 20.1. The third-order valence-electron chi connectivity index (χ3n) is 4.29. The second-order valence-corrected chi connectivity index (χ2v) is 7.00. The van der Waals surface area contributed by atoms with Gasteiger partial charge < -0.3 is 0 Å². The first-order chi connectivity index (χ1) is 13.8. The maximum absolute atomic E-state index is 13.1. The van der Waals surface area contributed by atoms with E-state index in [0.717, 1.165) is 17.7 Å². The molecule has 0 spiro atoms. The van der Waals surface area contributed by atoms with Crippen LogP contribution in [0.2, 0.25) is 0 Å². The van der Waals surface area contributed by atoms with E-state index in [9.17, 15) is 4.79 Å². The lowest BCUT2D eigenvalue weighted by Gasteiger charge is -2.19. The lowest BCUT2D eigenvalue weighted by Crippen LogP contribution is -2.33. The Labute approximate surface area is 167 Å². The summed E-state index contributed by atoms with van der Waals surface area (Å²) in [4.78, 5) is 27.7. The van der Waals surface area contributed by atoms with Crippen LogP contribution in [0, 0.1) is 0 Å². The molecule has 0 aliphatic heterocycles. The van der Waals surface area contributed by atoms with Crippen LogP contribution in [0.3, 0.4) is 0 Å². The molecule has 5 nitrogen and oxygen atoms in total. The zero-order valence-corrected chi connectivity index (χ0v) is 15.9. The monoisotopic (exact) mass is 386 g/mol. The molecule has 28 heavy (non-hydrogen) atoms. The standard InChI is InChI=1S/C22H18N4OS/c27-21(19-15-23-12-13-24-19)26(14-11-17-7-3-1-4-8-17)22-25-20(16-28-22)18-9-5-2-6-10-18/h1-10,12-13,15-16H,11,14H2. The summed E-state index contributed by atoms with van der Waals surface area (Å²) in [5.74, 6) is -0.196. The molecule has 0 N–H and O–H groups in total. The number of hydrogen-bond acceptors (Lipinski definition) is 5. The summed E-state index contributed by atoms with van der Waals surface area (Å²) in [6.45, 7) is 0.515. The molecular weight excluding hydrogens is 368 g/mol. The van der Waals surface area contributed by atoms with Crippen molar-refractivity contribution < 1.29 is 4.79 Å². The molecule has 0 atom stereocenters. The number of amides is 1. The molecule has 4 rings (SSSR count). The van der Waals surface area contributed by atoms with E-state index in [1.54, 1.807) is 11.1 Å². The van der Waals surface area contributed by atoms with Crippen molar-refractivity contribution in [1.82, 2.24) is 15.0 Å². The first-order valence-corrected chi connectivity index (χ1v) is 9.82. The van der Waals surface area contributed by atoms with Gasteiger partial charge in [-0.3, -0.25) is 14.7 Å². The van der Waals surface area contributed by atoms with E-state index in [0.29, 0.717) is 17.4 Å². The van der Waals surface area contributed by atoms with Crippen LogP contribution in [0.1, 0.15) is 16.1 Å². The largest absolute Gasteiger partial charge is 0.282 e. The van der Waals surface area contributed by atoms with E-state index >= 15 is 0 Å². The van der Waals surface area contributed by atoms with Crippen LogP contribution >= 0.6 is 11.3 Å². The van der Waals surface area contributed by atoms with Crippen LogP contribution < -0.4 is 4.90 Å². The summed E-state index contributed by atoms with van der Waals surface area (Å²) >= 11 is 1.46. The smallest absolute Gasteiger partial charge is 0.280 e. The number of anilines is 1. The first-order valence-electron chi connectivity index (χ1n) is 8.94. The molecule has 1 amide bonds. The lowest BCUT2D eigenvalue weighted by atomic mass is 10.1. The van der Waals surface area contributed by atoms with Gasteiger partial charge in [0.05, 0.1) is 11.9 Å². The van der Waals surface area contributed by atoms with Gasteiger partial charge in [-0.05, 0) is 12.0 Å². The van der Waals surface area contributed by atoms with Gasteiger partial charge in [-0.15, -0.1) is 11.3 Å². The summed E-state index contributed by atoms with van der Waals surface area (Å²) in [5, 5.41) is 2.63. The fraction of sp³-hybridized carbons (Fsp3) is 0.0909. The van der Waals surface area contributed by atoms with Crippen molar-refractivity contribution in [2.24, 2.45) is 0 Å². The minimum atomic E-state index is -0.196. The Morgan fingerprint density at radius 1 is 0.964 bits per heavy atom. The van der Waals surface area contributed by atoms with Crippen molar-refractivity contribution in [3.05, 3.63) is 95.9 Å². The van der Waals surface area contributed by atoms with E-state index < -0.39 is 0 Å². The van der Waals surface area contributed by atoms with E-state index in [4.69, 9.17) is 4.98 Å². The third kappa shape index (κ3) is 4.13. The van der Waals surface area contributed by atoms with Crippen molar-refractivity contribution in [2.75, 3.05) is 11.4 Å². The Kier molecular flexibility index (Phi) is 5.49. The SMILES string of the molecule is O=C(c1cnccn1)N(CCc1ccccc1)c1nc(-c2ccccc2)cs1. The van der Waals surface area contributed by atoms with Crippen molar-refractivity contribution in [3.8, 4) is 11.3 Å². The first kappa shape index (κ1) is 18.0. The van der Waals surface area contributed by atoms with Crippen molar-refractivity contribution in [2.45, 2.75) is 6.42 Å². The highest BCUT2D eigenvalue weighted by Gasteiger charge is 2.22. The predicted molar refractivity (Wildman–Crippen MR) is 111 cm³/mol. The Morgan fingerprint density at radius 2 is 1.71 bits per heavy atom. The number of nitrogens with zero attached hydrogens (tertiary/aromatic N) is 4. The van der Waals surface area contributed by atoms with Gasteiger partial charge in [-0.1, -0.05) is 60.7 Å². The summed E-state index contributed by atoms with van der Waals surface area (Å²) in [5.41, 5.74) is 3.36. The number of carbonyl (C=O) groups excluding carboxylic acids is 1. The number of thiazole rings is 1. The van der Waals surface area contributed by atoms with Crippen LogP contribution in [-0.2, 0) is 6.42 Å². The molecule has 2 heterocycles. The number of carbonyl (C=O) groups is 1.